The van der Waals surface area contributed by atoms with Crippen LogP contribution in [0.15, 0.2) is 18.2 Å². The third kappa shape index (κ3) is 6.16. The molecular weight excluding hydrogens is 532 g/mol. The van der Waals surface area contributed by atoms with Crippen molar-refractivity contribution in [3.8, 4) is 0 Å². The number of hydrogen-bond donors (Lipinski definition) is 2. The van der Waals surface area contributed by atoms with Gasteiger partial charge in [-0.1, -0.05) is 40.9 Å². The Morgan fingerprint density at radius 2 is 1.76 bits per heavy atom. The van der Waals surface area contributed by atoms with Crippen LogP contribution in [0.5, 0.6) is 0 Å². The second kappa shape index (κ2) is 10.7. The number of benzene rings is 1. The Labute approximate surface area is 215 Å². The fraction of sp³-hybridized carbons (Fsp3) is 0.381. The Balaban J connectivity index is 1.56. The summed E-state index contributed by atoms with van der Waals surface area (Å²) in [6.07, 6.45) is -4.10. The first-order valence-electron chi connectivity index (χ1n) is 10.2. The number of hydrogen-bond acceptors (Lipinski definition) is 3. The van der Waals surface area contributed by atoms with Gasteiger partial charge in [0.15, 0.2) is 10.8 Å². The third-order valence-corrected chi connectivity index (χ3v) is 6.48. The van der Waals surface area contributed by atoms with E-state index in [0.29, 0.717) is 34.7 Å². The number of aryl methyl sites for hydroxylation is 2. The fourth-order valence-corrected chi connectivity index (χ4v) is 4.27. The molecule has 2 aromatic heterocycles. The van der Waals surface area contributed by atoms with Crippen LogP contribution in [0.25, 0.3) is 0 Å². The predicted molar refractivity (Wildman–Crippen MR) is 133 cm³/mol. The molecule has 0 saturated carbocycles. The van der Waals surface area contributed by atoms with Crippen LogP contribution in [0.2, 0.25) is 15.1 Å². The van der Waals surface area contributed by atoms with Crippen molar-refractivity contribution in [1.29, 1.82) is 0 Å². The van der Waals surface area contributed by atoms with Crippen molar-refractivity contribution in [2.45, 2.75) is 46.5 Å². The van der Waals surface area contributed by atoms with Gasteiger partial charge in [0.05, 0.1) is 34.3 Å². The van der Waals surface area contributed by atoms with Crippen LogP contribution in [0.3, 0.4) is 0 Å². The van der Waals surface area contributed by atoms with Gasteiger partial charge in [-0.05, 0) is 57.1 Å². The van der Waals surface area contributed by atoms with Gasteiger partial charge >= 0.3 is 6.18 Å². The van der Waals surface area contributed by atoms with E-state index in [2.05, 4.69) is 20.8 Å². The van der Waals surface area contributed by atoms with Crippen molar-refractivity contribution >= 4 is 57.8 Å². The van der Waals surface area contributed by atoms with Gasteiger partial charge < -0.3 is 10.6 Å². The Morgan fingerprint density at radius 1 is 1.06 bits per heavy atom. The highest BCUT2D eigenvalue weighted by atomic mass is 35.5. The van der Waals surface area contributed by atoms with E-state index >= 15 is 0 Å². The molecule has 0 radical (unpaired) electrons. The fourth-order valence-electron chi connectivity index (χ4n) is 3.35. The zero-order chi connectivity index (χ0) is 25.2. The number of aromatic nitrogens is 4. The lowest BCUT2D eigenvalue weighted by Gasteiger charge is -2.12. The number of thiocarbonyl (C=S) groups is 1. The molecule has 184 valence electrons. The summed E-state index contributed by atoms with van der Waals surface area (Å²) in [6, 6.07) is 5.31. The molecular formula is C21H22Cl3F3N6S. The minimum Gasteiger partial charge on any atom is -0.362 e. The number of halogens is 6. The highest BCUT2D eigenvalue weighted by Gasteiger charge is 2.38. The highest BCUT2D eigenvalue weighted by Crippen LogP contribution is 2.35. The van der Waals surface area contributed by atoms with E-state index in [9.17, 15) is 13.2 Å². The van der Waals surface area contributed by atoms with E-state index in [0.717, 1.165) is 22.6 Å². The molecule has 0 aliphatic rings. The van der Waals surface area contributed by atoms with Crippen molar-refractivity contribution in [3.05, 3.63) is 61.6 Å². The topological polar surface area (TPSA) is 59.7 Å². The maximum absolute atomic E-state index is 13.0. The molecule has 2 N–H and O–H groups in total. The Bertz CT molecular complexity index is 1210. The van der Waals surface area contributed by atoms with Gasteiger partial charge in [-0.3, -0.25) is 9.36 Å². The lowest BCUT2D eigenvalue weighted by molar-refractivity contribution is -0.141. The van der Waals surface area contributed by atoms with Gasteiger partial charge in [0, 0.05) is 23.1 Å². The van der Waals surface area contributed by atoms with Gasteiger partial charge in [0.1, 0.15) is 0 Å². The van der Waals surface area contributed by atoms with Gasteiger partial charge in [-0.2, -0.15) is 23.4 Å². The predicted octanol–water partition coefficient (Wildman–Crippen LogP) is 6.41. The first-order chi connectivity index (χ1) is 15.9. The van der Waals surface area contributed by atoms with E-state index < -0.39 is 11.9 Å². The van der Waals surface area contributed by atoms with Crippen molar-refractivity contribution in [2.24, 2.45) is 0 Å². The Morgan fingerprint density at radius 3 is 2.38 bits per heavy atom. The minimum atomic E-state index is -4.59. The molecule has 0 saturated heterocycles. The number of nitrogens with zero attached hydrogens (tertiary/aromatic N) is 4. The average molecular weight is 554 g/mol. The average Bonchev–Trinajstić information content (AvgIpc) is 3.18. The van der Waals surface area contributed by atoms with Gasteiger partial charge in [-0.25, -0.2) is 0 Å². The van der Waals surface area contributed by atoms with Crippen LogP contribution in [0.4, 0.5) is 18.9 Å². The Hall–Kier alpha value is -2.01. The van der Waals surface area contributed by atoms with E-state index in [1.807, 2.05) is 24.6 Å². The molecule has 6 nitrogen and oxygen atoms in total. The molecule has 3 rings (SSSR count). The van der Waals surface area contributed by atoms with Crippen molar-refractivity contribution in [3.63, 3.8) is 0 Å². The smallest absolute Gasteiger partial charge is 0.362 e. The standard InChI is InChI=1S/C21H22Cl3F3N6S/c1-11-18(13(3)33(30-11)10-14-5-6-15(22)9-16(14)23)29-20(34)28-7-4-8-32-12(2)17(24)19(31-32)21(25,26)27/h5-6,9H,4,7-8,10H2,1-3H3,(H2,28,29,34). The molecule has 3 aromatic rings. The van der Waals surface area contributed by atoms with E-state index in [1.165, 1.54) is 11.6 Å². The molecule has 0 aliphatic carbocycles. The zero-order valence-corrected chi connectivity index (χ0v) is 21.6. The number of alkyl halides is 3. The molecule has 0 amide bonds. The third-order valence-electron chi connectivity index (χ3n) is 5.19. The molecule has 13 heteroatoms. The Kier molecular flexibility index (Phi) is 8.38. The number of anilines is 1. The van der Waals surface area contributed by atoms with Gasteiger partial charge in [0.25, 0.3) is 0 Å². The molecule has 0 spiro atoms. The molecule has 1 aromatic carbocycles. The molecule has 2 heterocycles. The summed E-state index contributed by atoms with van der Waals surface area (Å²) in [5.74, 6) is 0. The van der Waals surface area contributed by atoms with Gasteiger partial charge in [0.2, 0.25) is 0 Å². The number of nitrogens with one attached hydrogen (secondary N) is 2. The van der Waals surface area contributed by atoms with E-state index in [4.69, 9.17) is 47.0 Å². The highest BCUT2D eigenvalue weighted by molar-refractivity contribution is 7.80. The van der Waals surface area contributed by atoms with Crippen LogP contribution in [-0.4, -0.2) is 31.2 Å². The molecule has 0 unspecified atom stereocenters. The summed E-state index contributed by atoms with van der Waals surface area (Å²) in [6.45, 7) is 6.43. The van der Waals surface area contributed by atoms with E-state index in [-0.39, 0.29) is 17.3 Å². The van der Waals surface area contributed by atoms with Crippen molar-refractivity contribution < 1.29 is 13.2 Å². The summed E-state index contributed by atoms with van der Waals surface area (Å²) < 4.78 is 41.9. The SMILES string of the molecule is Cc1nn(Cc2ccc(Cl)cc2Cl)c(C)c1NC(=S)NCCCn1nc(C(F)(F)F)c(Cl)c1C. The maximum Gasteiger partial charge on any atom is 0.436 e. The van der Waals surface area contributed by atoms with Crippen LogP contribution in [0, 0.1) is 20.8 Å². The van der Waals surface area contributed by atoms with Crippen LogP contribution < -0.4 is 10.6 Å². The second-order valence-corrected chi connectivity index (χ2v) is 9.27. The lowest BCUT2D eigenvalue weighted by atomic mass is 10.2. The van der Waals surface area contributed by atoms with Crippen LogP contribution in [-0.2, 0) is 19.3 Å². The van der Waals surface area contributed by atoms with Crippen molar-refractivity contribution in [2.75, 3.05) is 11.9 Å². The number of rotatable bonds is 7. The second-order valence-electron chi connectivity index (χ2n) is 7.64. The zero-order valence-electron chi connectivity index (χ0n) is 18.5. The summed E-state index contributed by atoms with van der Waals surface area (Å²) in [5.41, 5.74) is 2.48. The van der Waals surface area contributed by atoms with Crippen molar-refractivity contribution in [1.82, 2.24) is 24.9 Å². The quantitative estimate of drug-likeness (QED) is 0.262. The molecule has 34 heavy (non-hydrogen) atoms. The maximum atomic E-state index is 13.0. The largest absolute Gasteiger partial charge is 0.436 e. The summed E-state index contributed by atoms with van der Waals surface area (Å²) >= 11 is 23.4. The molecule has 0 bridgehead atoms. The molecule has 0 aliphatic heterocycles. The summed E-state index contributed by atoms with van der Waals surface area (Å²) in [4.78, 5) is 0. The molecule has 0 fully saturated rings. The first kappa shape index (κ1) is 26.6. The minimum absolute atomic E-state index is 0.259. The normalized spacial score (nSPS) is 11.7. The molecule has 0 atom stereocenters. The van der Waals surface area contributed by atoms with E-state index in [1.54, 1.807) is 12.1 Å². The van der Waals surface area contributed by atoms with Crippen LogP contribution >= 0.6 is 47.0 Å². The summed E-state index contributed by atoms with van der Waals surface area (Å²) in [5, 5.41) is 15.5. The summed E-state index contributed by atoms with van der Waals surface area (Å²) in [7, 11) is 0. The monoisotopic (exact) mass is 552 g/mol. The first-order valence-corrected chi connectivity index (χ1v) is 11.8. The lowest BCUT2D eigenvalue weighted by Crippen LogP contribution is -2.30. The van der Waals surface area contributed by atoms with Gasteiger partial charge in [-0.15, -0.1) is 0 Å². The van der Waals surface area contributed by atoms with Crippen LogP contribution in [0.1, 0.15) is 34.8 Å².